The lowest BCUT2D eigenvalue weighted by atomic mass is 9.96. The van der Waals surface area contributed by atoms with E-state index in [1.807, 2.05) is 0 Å². The predicted octanol–water partition coefficient (Wildman–Crippen LogP) is 1.88. The molecule has 1 N–H and O–H groups in total. The van der Waals surface area contributed by atoms with Gasteiger partial charge in [0, 0.05) is 16.9 Å². The first-order valence-corrected chi connectivity index (χ1v) is 4.83. The third-order valence-corrected chi connectivity index (χ3v) is 2.11. The van der Waals surface area contributed by atoms with Crippen molar-refractivity contribution in [1.82, 2.24) is 9.36 Å². The van der Waals surface area contributed by atoms with E-state index in [0.717, 1.165) is 11.0 Å². The summed E-state index contributed by atoms with van der Waals surface area (Å²) >= 11 is 1.35. The molecular formula is C9H13N3S. The van der Waals surface area contributed by atoms with Crippen molar-refractivity contribution in [1.29, 1.82) is 0 Å². The van der Waals surface area contributed by atoms with Crippen LogP contribution in [0.2, 0.25) is 0 Å². The van der Waals surface area contributed by atoms with Gasteiger partial charge < -0.3 is 5.32 Å². The smallest absolute Gasteiger partial charge is 0.203 e. The van der Waals surface area contributed by atoms with E-state index >= 15 is 0 Å². The van der Waals surface area contributed by atoms with Gasteiger partial charge in [0.1, 0.15) is 5.82 Å². The van der Waals surface area contributed by atoms with Crippen LogP contribution in [-0.4, -0.2) is 15.9 Å². The second kappa shape index (κ2) is 3.75. The van der Waals surface area contributed by atoms with E-state index in [9.17, 15) is 0 Å². The summed E-state index contributed by atoms with van der Waals surface area (Å²) in [5.41, 5.74) is 0.00652. The molecule has 0 saturated carbocycles. The SMILES string of the molecule is C#CCNc1nc(C(C)(C)C)ns1. The molecule has 0 unspecified atom stereocenters. The molecule has 0 bridgehead atoms. The molecule has 3 nitrogen and oxygen atoms in total. The van der Waals surface area contributed by atoms with E-state index in [1.54, 1.807) is 0 Å². The Labute approximate surface area is 82.8 Å². The van der Waals surface area contributed by atoms with Gasteiger partial charge in [-0.15, -0.1) is 6.42 Å². The van der Waals surface area contributed by atoms with E-state index in [0.29, 0.717) is 6.54 Å². The highest BCUT2D eigenvalue weighted by Crippen LogP contribution is 2.22. The van der Waals surface area contributed by atoms with Crippen LogP contribution in [0, 0.1) is 12.3 Å². The first-order chi connectivity index (χ1) is 6.04. The summed E-state index contributed by atoms with van der Waals surface area (Å²) < 4.78 is 4.24. The zero-order valence-electron chi connectivity index (χ0n) is 8.09. The molecule has 0 aliphatic carbocycles. The summed E-state index contributed by atoms with van der Waals surface area (Å²) in [6.07, 6.45) is 5.11. The Hall–Kier alpha value is -1.08. The monoisotopic (exact) mass is 195 g/mol. The molecule has 0 radical (unpaired) electrons. The number of hydrogen-bond acceptors (Lipinski definition) is 4. The average Bonchev–Trinajstić information content (AvgIpc) is 2.47. The molecular weight excluding hydrogens is 182 g/mol. The first kappa shape index (κ1) is 10.0. The second-order valence-corrected chi connectivity index (χ2v) is 4.48. The second-order valence-electron chi connectivity index (χ2n) is 3.73. The Morgan fingerprint density at radius 2 is 2.23 bits per heavy atom. The molecule has 0 spiro atoms. The summed E-state index contributed by atoms with van der Waals surface area (Å²) in [6.45, 7) is 6.75. The van der Waals surface area contributed by atoms with E-state index < -0.39 is 0 Å². The molecule has 0 aliphatic rings. The highest BCUT2D eigenvalue weighted by Gasteiger charge is 2.19. The van der Waals surface area contributed by atoms with Gasteiger partial charge in [-0.1, -0.05) is 26.7 Å². The number of nitrogens with zero attached hydrogens (tertiary/aromatic N) is 2. The van der Waals surface area contributed by atoms with E-state index in [4.69, 9.17) is 6.42 Å². The van der Waals surface area contributed by atoms with Gasteiger partial charge >= 0.3 is 0 Å². The summed E-state index contributed by atoms with van der Waals surface area (Å²) in [7, 11) is 0. The molecule has 1 heterocycles. The van der Waals surface area contributed by atoms with Crippen molar-refractivity contribution in [3.63, 3.8) is 0 Å². The molecule has 0 aliphatic heterocycles. The topological polar surface area (TPSA) is 37.8 Å². The highest BCUT2D eigenvalue weighted by atomic mass is 32.1. The zero-order valence-corrected chi connectivity index (χ0v) is 8.90. The van der Waals surface area contributed by atoms with Gasteiger partial charge in [-0.25, -0.2) is 4.98 Å². The van der Waals surface area contributed by atoms with Crippen LogP contribution in [-0.2, 0) is 5.41 Å². The Balaban J connectivity index is 2.71. The molecule has 70 valence electrons. The molecule has 1 aromatic heterocycles. The maximum absolute atomic E-state index is 5.11. The lowest BCUT2D eigenvalue weighted by Gasteiger charge is -2.12. The fourth-order valence-electron chi connectivity index (χ4n) is 0.727. The number of hydrogen-bond donors (Lipinski definition) is 1. The van der Waals surface area contributed by atoms with E-state index in [-0.39, 0.29) is 5.41 Å². The fraction of sp³-hybridized carbons (Fsp3) is 0.556. The summed E-state index contributed by atoms with van der Waals surface area (Å²) in [5, 5.41) is 3.79. The molecule has 4 heteroatoms. The van der Waals surface area contributed by atoms with Crippen LogP contribution in [0.5, 0.6) is 0 Å². The lowest BCUT2D eigenvalue weighted by Crippen LogP contribution is -2.13. The van der Waals surface area contributed by atoms with Crippen molar-refractivity contribution < 1.29 is 0 Å². The standard InChI is InChI=1S/C9H13N3S/c1-5-6-10-8-11-7(12-13-8)9(2,3)4/h1H,6H2,2-4H3,(H,10,11,12). The average molecular weight is 195 g/mol. The Kier molecular flexibility index (Phi) is 2.89. The van der Waals surface area contributed by atoms with Crippen LogP contribution >= 0.6 is 11.5 Å². The molecule has 1 rings (SSSR count). The van der Waals surface area contributed by atoms with Crippen LogP contribution < -0.4 is 5.32 Å². The van der Waals surface area contributed by atoms with Crippen molar-refractivity contribution in [2.45, 2.75) is 26.2 Å². The van der Waals surface area contributed by atoms with Crippen molar-refractivity contribution in [3.8, 4) is 12.3 Å². The van der Waals surface area contributed by atoms with Gasteiger partial charge in [-0.3, -0.25) is 0 Å². The van der Waals surface area contributed by atoms with Gasteiger partial charge in [-0.2, -0.15) is 4.37 Å². The van der Waals surface area contributed by atoms with Crippen molar-refractivity contribution >= 4 is 16.7 Å². The normalized spacial score (nSPS) is 10.9. The molecule has 0 fully saturated rings. The predicted molar refractivity (Wildman–Crippen MR) is 55.9 cm³/mol. The molecule has 1 aromatic rings. The quantitative estimate of drug-likeness (QED) is 0.732. The fourth-order valence-corrected chi connectivity index (χ4v) is 1.48. The minimum absolute atomic E-state index is 0.00652. The summed E-state index contributed by atoms with van der Waals surface area (Å²) in [4.78, 5) is 4.32. The van der Waals surface area contributed by atoms with Crippen molar-refractivity contribution in [3.05, 3.63) is 5.82 Å². The van der Waals surface area contributed by atoms with Crippen LogP contribution in [0.1, 0.15) is 26.6 Å². The molecule has 0 aromatic carbocycles. The van der Waals surface area contributed by atoms with E-state index in [1.165, 1.54) is 11.5 Å². The van der Waals surface area contributed by atoms with Crippen molar-refractivity contribution in [2.75, 3.05) is 11.9 Å². The number of aromatic nitrogens is 2. The highest BCUT2D eigenvalue weighted by molar-refractivity contribution is 7.09. The third-order valence-electron chi connectivity index (χ3n) is 1.44. The minimum Gasteiger partial charge on any atom is -0.349 e. The maximum Gasteiger partial charge on any atom is 0.203 e. The number of nitrogens with one attached hydrogen (secondary N) is 1. The number of rotatable bonds is 2. The maximum atomic E-state index is 5.11. The zero-order chi connectivity index (χ0) is 9.90. The summed E-state index contributed by atoms with van der Waals surface area (Å²) in [6, 6.07) is 0. The van der Waals surface area contributed by atoms with Gasteiger partial charge in [0.2, 0.25) is 5.13 Å². The van der Waals surface area contributed by atoms with E-state index in [2.05, 4.69) is 41.4 Å². The van der Waals surface area contributed by atoms with Gasteiger partial charge in [0.05, 0.1) is 6.54 Å². The Morgan fingerprint density at radius 3 is 2.69 bits per heavy atom. The van der Waals surface area contributed by atoms with Crippen LogP contribution in [0.3, 0.4) is 0 Å². The number of terminal acetylenes is 1. The molecule has 0 saturated heterocycles. The first-order valence-electron chi connectivity index (χ1n) is 4.05. The van der Waals surface area contributed by atoms with Gasteiger partial charge in [-0.05, 0) is 0 Å². The van der Waals surface area contributed by atoms with Gasteiger partial charge in [0.25, 0.3) is 0 Å². The minimum atomic E-state index is 0.00652. The molecule has 0 atom stereocenters. The number of anilines is 1. The van der Waals surface area contributed by atoms with Crippen LogP contribution in [0.15, 0.2) is 0 Å². The largest absolute Gasteiger partial charge is 0.349 e. The molecule has 13 heavy (non-hydrogen) atoms. The Morgan fingerprint density at radius 1 is 1.54 bits per heavy atom. The van der Waals surface area contributed by atoms with Crippen molar-refractivity contribution in [2.24, 2.45) is 0 Å². The van der Waals surface area contributed by atoms with Crippen LogP contribution in [0.25, 0.3) is 0 Å². The third kappa shape index (κ3) is 2.71. The lowest BCUT2D eigenvalue weighted by molar-refractivity contribution is 0.555. The molecule has 0 amide bonds. The van der Waals surface area contributed by atoms with Gasteiger partial charge in [0.15, 0.2) is 0 Å². The Bertz CT molecular complexity index is 316. The summed E-state index contributed by atoms with van der Waals surface area (Å²) in [5.74, 6) is 3.35. The van der Waals surface area contributed by atoms with Crippen LogP contribution in [0.4, 0.5) is 5.13 Å².